The molecule has 400 valence electrons. The van der Waals surface area contributed by atoms with Gasteiger partial charge in [-0.15, -0.1) is 0 Å². The summed E-state index contributed by atoms with van der Waals surface area (Å²) in [5.74, 6) is -10.9. The van der Waals surface area contributed by atoms with Crippen molar-refractivity contribution in [3.8, 4) is 5.75 Å². The van der Waals surface area contributed by atoms with Gasteiger partial charge < -0.3 is 68.3 Å². The molecule has 8 atom stereocenters. The van der Waals surface area contributed by atoms with Crippen molar-refractivity contribution < 1.29 is 73.2 Å². The van der Waals surface area contributed by atoms with E-state index in [4.69, 9.17) is 10.8 Å². The van der Waals surface area contributed by atoms with Crippen LogP contribution < -0.4 is 43.0 Å². The molecule has 1 aliphatic rings. The van der Waals surface area contributed by atoms with Crippen LogP contribution in [0.1, 0.15) is 90.2 Å². The van der Waals surface area contributed by atoms with Gasteiger partial charge in [-0.3, -0.25) is 47.9 Å². The van der Waals surface area contributed by atoms with Gasteiger partial charge in [0.2, 0.25) is 47.3 Å². The molecule has 1 heterocycles. The number of likely N-dealkylation sites (tertiary alicyclic amines) is 1. The molecule has 24 heteroatoms. The standard InChI is InChI=1S/C49H69N9O15/c1-5-28(4)42(57-46(69)35(23-30-13-15-31(59)16-14-30)54-43(66)32(50)17-19-40(62)63)48(71)58-21-9-12-37(58)47(70)52-25-38(60)51-26-39(61)53-33(18-20-41(64)65)44(67)55-34(22-27(2)3)45(68)56-36(49(72)73)24-29-10-7-6-8-11-29/h6-8,10-11,13-16,27-28,32-37,42,59H,5,9,12,17-26,50H2,1-4H3,(H,51,60)(H,52,70)(H,53,61)(H,54,66)(H,55,67)(H,56,68)(H,57,69)(H,62,63)(H,64,65)(H,72,73)/t28-,32-,33-,34-,35-,36-,37-,42-/m0/s1. The Balaban J connectivity index is 1.64. The number of carbonyl (C=O) groups excluding carboxylic acids is 8. The number of nitrogens with zero attached hydrogens (tertiary/aromatic N) is 1. The van der Waals surface area contributed by atoms with Crippen molar-refractivity contribution in [3.63, 3.8) is 0 Å². The largest absolute Gasteiger partial charge is 0.508 e. The zero-order valence-corrected chi connectivity index (χ0v) is 41.4. The number of nitrogens with one attached hydrogen (secondary N) is 7. The lowest BCUT2D eigenvalue weighted by Gasteiger charge is -2.32. The molecule has 2 aromatic rings. The van der Waals surface area contributed by atoms with Gasteiger partial charge in [0.05, 0.1) is 19.1 Å². The van der Waals surface area contributed by atoms with E-state index >= 15 is 0 Å². The summed E-state index contributed by atoms with van der Waals surface area (Å²) in [6, 6.07) is 5.40. The van der Waals surface area contributed by atoms with Crippen LogP contribution in [0.3, 0.4) is 0 Å². The molecule has 1 aliphatic heterocycles. The number of rotatable bonds is 30. The Kier molecular flexibility index (Phi) is 24.2. The van der Waals surface area contributed by atoms with E-state index in [9.17, 15) is 68.1 Å². The Morgan fingerprint density at radius 3 is 1.79 bits per heavy atom. The molecule has 0 saturated carbocycles. The summed E-state index contributed by atoms with van der Waals surface area (Å²) in [5.41, 5.74) is 7.08. The maximum Gasteiger partial charge on any atom is 0.326 e. The lowest BCUT2D eigenvalue weighted by Crippen LogP contribution is -2.59. The number of benzene rings is 2. The molecule has 8 amide bonds. The highest BCUT2D eigenvalue weighted by atomic mass is 16.4. The van der Waals surface area contributed by atoms with Gasteiger partial charge in [-0.25, -0.2) is 4.79 Å². The number of nitrogens with two attached hydrogens (primary N) is 1. The molecule has 0 unspecified atom stereocenters. The molecule has 3 rings (SSSR count). The summed E-state index contributed by atoms with van der Waals surface area (Å²) in [7, 11) is 0. The smallest absolute Gasteiger partial charge is 0.326 e. The van der Waals surface area contributed by atoms with Gasteiger partial charge in [-0.05, 0) is 67.2 Å². The number of hydrogen-bond donors (Lipinski definition) is 12. The summed E-state index contributed by atoms with van der Waals surface area (Å²) >= 11 is 0. The summed E-state index contributed by atoms with van der Waals surface area (Å²) in [5, 5.41) is 55.3. The van der Waals surface area contributed by atoms with Gasteiger partial charge in [0.1, 0.15) is 42.0 Å². The lowest BCUT2D eigenvalue weighted by atomic mass is 9.96. The van der Waals surface area contributed by atoms with Crippen LogP contribution in [0, 0.1) is 11.8 Å². The molecule has 73 heavy (non-hydrogen) atoms. The number of aliphatic carboxylic acids is 3. The molecule has 0 radical (unpaired) electrons. The number of carboxylic acid groups (broad SMARTS) is 3. The molecule has 0 spiro atoms. The molecule has 2 aromatic carbocycles. The van der Waals surface area contributed by atoms with E-state index in [0.29, 0.717) is 24.0 Å². The van der Waals surface area contributed by atoms with Gasteiger partial charge in [0, 0.05) is 32.2 Å². The van der Waals surface area contributed by atoms with Crippen LogP contribution in [0.25, 0.3) is 0 Å². The maximum atomic E-state index is 14.2. The molecule has 0 aliphatic carbocycles. The number of phenols is 1. The van der Waals surface area contributed by atoms with E-state index in [1.807, 2.05) is 0 Å². The highest BCUT2D eigenvalue weighted by Crippen LogP contribution is 2.22. The fourth-order valence-corrected chi connectivity index (χ4v) is 7.79. The lowest BCUT2D eigenvalue weighted by molar-refractivity contribution is -0.143. The Bertz CT molecular complexity index is 2260. The van der Waals surface area contributed by atoms with E-state index in [2.05, 4.69) is 37.2 Å². The molecule has 13 N–H and O–H groups in total. The first kappa shape index (κ1) is 59.7. The van der Waals surface area contributed by atoms with Crippen molar-refractivity contribution in [1.82, 2.24) is 42.1 Å². The topological polar surface area (TPSA) is 382 Å². The summed E-state index contributed by atoms with van der Waals surface area (Å²) in [4.78, 5) is 143. The van der Waals surface area contributed by atoms with Gasteiger partial charge in [0.25, 0.3) is 0 Å². The van der Waals surface area contributed by atoms with Crippen LogP contribution in [0.2, 0.25) is 0 Å². The molecular weight excluding hydrogens is 955 g/mol. The average Bonchev–Trinajstić information content (AvgIpc) is 3.84. The fraction of sp³-hybridized carbons (Fsp3) is 0.531. The fourth-order valence-electron chi connectivity index (χ4n) is 7.79. The van der Waals surface area contributed by atoms with Gasteiger partial charge in [-0.1, -0.05) is 76.6 Å². The van der Waals surface area contributed by atoms with E-state index < -0.39 is 146 Å². The van der Waals surface area contributed by atoms with Crippen molar-refractivity contribution in [3.05, 3.63) is 65.7 Å². The number of hydrogen-bond acceptors (Lipinski definition) is 13. The Hall–Kier alpha value is -7.63. The summed E-state index contributed by atoms with van der Waals surface area (Å²) in [6.07, 6.45) is -0.718. The first-order chi connectivity index (χ1) is 34.5. The Morgan fingerprint density at radius 1 is 0.644 bits per heavy atom. The third-order valence-corrected chi connectivity index (χ3v) is 12.0. The van der Waals surface area contributed by atoms with Crippen LogP contribution in [-0.2, 0) is 65.6 Å². The van der Waals surface area contributed by atoms with Gasteiger partial charge >= 0.3 is 17.9 Å². The van der Waals surface area contributed by atoms with E-state index in [1.54, 1.807) is 58.0 Å². The predicted molar refractivity (Wildman–Crippen MR) is 261 cm³/mol. The van der Waals surface area contributed by atoms with E-state index in [1.165, 1.54) is 29.2 Å². The van der Waals surface area contributed by atoms with Crippen LogP contribution in [0.4, 0.5) is 0 Å². The van der Waals surface area contributed by atoms with Crippen LogP contribution in [0.5, 0.6) is 5.75 Å². The average molecular weight is 1020 g/mol. The SMILES string of the molecule is CC[C@H](C)[C@H](NC(=O)[C@H](Cc1ccc(O)cc1)NC(=O)[C@@H](N)CCC(=O)O)C(=O)N1CCC[C@H]1C(=O)NCC(=O)NCC(=O)N[C@@H](CCC(=O)O)C(=O)N[C@@H](CC(C)C)C(=O)N[C@@H](Cc1ccccc1)C(=O)O. The summed E-state index contributed by atoms with van der Waals surface area (Å²) in [6.45, 7) is 5.74. The van der Waals surface area contributed by atoms with Gasteiger partial charge in [0.15, 0.2) is 0 Å². The molecule has 0 bridgehead atoms. The normalized spacial score (nSPS) is 16.0. The van der Waals surface area contributed by atoms with E-state index in [0.717, 1.165) is 0 Å². The number of carboxylic acids is 3. The highest BCUT2D eigenvalue weighted by Gasteiger charge is 2.40. The van der Waals surface area contributed by atoms with Crippen molar-refractivity contribution in [2.45, 2.75) is 134 Å². The van der Waals surface area contributed by atoms with Crippen molar-refractivity contribution in [2.75, 3.05) is 19.6 Å². The zero-order chi connectivity index (χ0) is 54.4. The number of aromatic hydroxyl groups is 1. The quantitative estimate of drug-likeness (QED) is 0.0449. The molecule has 1 saturated heterocycles. The van der Waals surface area contributed by atoms with Crippen molar-refractivity contribution in [2.24, 2.45) is 17.6 Å². The van der Waals surface area contributed by atoms with Crippen LogP contribution in [0.15, 0.2) is 54.6 Å². The molecular formula is C49H69N9O15. The van der Waals surface area contributed by atoms with E-state index in [-0.39, 0.29) is 50.3 Å². The number of amides is 8. The summed E-state index contributed by atoms with van der Waals surface area (Å²) < 4.78 is 0. The minimum Gasteiger partial charge on any atom is -0.508 e. The second-order valence-electron chi connectivity index (χ2n) is 18.4. The zero-order valence-electron chi connectivity index (χ0n) is 41.4. The molecule has 1 fully saturated rings. The number of phenolic OH excluding ortho intramolecular Hbond substituents is 1. The number of carbonyl (C=O) groups is 11. The van der Waals surface area contributed by atoms with Crippen LogP contribution >= 0.6 is 0 Å². The first-order valence-corrected chi connectivity index (χ1v) is 24.1. The first-order valence-electron chi connectivity index (χ1n) is 24.1. The minimum atomic E-state index is -1.50. The Morgan fingerprint density at radius 2 is 1.19 bits per heavy atom. The predicted octanol–water partition coefficient (Wildman–Crippen LogP) is -0.942. The van der Waals surface area contributed by atoms with Crippen molar-refractivity contribution >= 4 is 65.2 Å². The monoisotopic (exact) mass is 1020 g/mol. The minimum absolute atomic E-state index is 0.0456. The van der Waals surface area contributed by atoms with Gasteiger partial charge in [-0.2, -0.15) is 0 Å². The molecule has 0 aromatic heterocycles. The second-order valence-corrected chi connectivity index (χ2v) is 18.4. The third kappa shape index (κ3) is 20.6. The van der Waals surface area contributed by atoms with Crippen LogP contribution in [-0.4, -0.2) is 152 Å². The maximum absolute atomic E-state index is 14.2. The van der Waals surface area contributed by atoms with Crippen molar-refractivity contribution in [1.29, 1.82) is 0 Å². The second kappa shape index (κ2) is 29.7. The highest BCUT2D eigenvalue weighted by molar-refractivity contribution is 5.97. The molecule has 24 nitrogen and oxygen atoms in total. The third-order valence-electron chi connectivity index (χ3n) is 12.0. The Labute approximate surface area is 422 Å².